The van der Waals surface area contributed by atoms with Crippen molar-refractivity contribution in [2.45, 2.75) is 89.9 Å². The summed E-state index contributed by atoms with van der Waals surface area (Å²) in [6, 6.07) is 11.1. The molecule has 0 aliphatic heterocycles. The number of aromatic amines is 2. The molecule has 1 amide bonds. The van der Waals surface area contributed by atoms with Gasteiger partial charge < -0.3 is 19.8 Å². The number of aromatic nitrogens is 4. The van der Waals surface area contributed by atoms with E-state index in [9.17, 15) is 40.7 Å². The summed E-state index contributed by atoms with van der Waals surface area (Å²) in [4.78, 5) is 42.8. The van der Waals surface area contributed by atoms with Crippen LogP contribution in [0.5, 0.6) is 11.5 Å². The Morgan fingerprint density at radius 2 is 1.66 bits per heavy atom. The van der Waals surface area contributed by atoms with Crippen LogP contribution in [0.1, 0.15) is 95.2 Å². The summed E-state index contributed by atoms with van der Waals surface area (Å²) in [7, 11) is 2.65. The van der Waals surface area contributed by atoms with E-state index in [1.165, 1.54) is 32.5 Å². The van der Waals surface area contributed by atoms with Crippen molar-refractivity contribution in [1.29, 1.82) is 0 Å². The summed E-state index contributed by atoms with van der Waals surface area (Å²) < 4.78 is 89.1. The lowest BCUT2D eigenvalue weighted by Gasteiger charge is -2.37. The maximum Gasteiger partial charge on any atom is 0.266 e. The highest BCUT2D eigenvalue weighted by Crippen LogP contribution is 2.49. The van der Waals surface area contributed by atoms with Gasteiger partial charge in [0.1, 0.15) is 0 Å². The van der Waals surface area contributed by atoms with E-state index in [-0.39, 0.29) is 40.9 Å². The third kappa shape index (κ3) is 11.9. The van der Waals surface area contributed by atoms with E-state index < -0.39 is 53.0 Å². The number of fused-ring (bicyclic) bond motifs is 1. The molecule has 0 bridgehead atoms. The van der Waals surface area contributed by atoms with Gasteiger partial charge in [0, 0.05) is 60.5 Å². The quantitative estimate of drug-likeness (QED) is 0.139. The smallest absolute Gasteiger partial charge is 0.266 e. The molecule has 318 valence electrons. The molecule has 2 aliphatic carbocycles. The number of methoxy groups -OCH3 is 2. The van der Waals surface area contributed by atoms with Crippen LogP contribution < -0.4 is 25.8 Å². The summed E-state index contributed by atoms with van der Waals surface area (Å²) in [5.74, 6) is -7.36. The minimum absolute atomic E-state index is 0.0160. The maximum atomic E-state index is 14.4. The lowest BCUT2D eigenvalue weighted by Crippen LogP contribution is -2.33. The van der Waals surface area contributed by atoms with Gasteiger partial charge >= 0.3 is 0 Å². The molecule has 10 nitrogen and oxygen atoms in total. The third-order valence-electron chi connectivity index (χ3n) is 10.4. The zero-order valence-electron chi connectivity index (χ0n) is 33.5. The number of anilines is 1. The molecule has 59 heavy (non-hydrogen) atoms. The number of ether oxygens (including phenoxy) is 2. The fourth-order valence-corrected chi connectivity index (χ4v) is 7.43. The molecule has 3 N–H and O–H groups in total. The first kappa shape index (κ1) is 46.0. The van der Waals surface area contributed by atoms with Gasteiger partial charge in [0.25, 0.3) is 5.56 Å². The number of amides is 1. The van der Waals surface area contributed by atoms with Gasteiger partial charge in [-0.2, -0.15) is 13.9 Å². The van der Waals surface area contributed by atoms with Crippen LogP contribution in [0, 0.1) is 35.1 Å². The second-order valence-corrected chi connectivity index (χ2v) is 14.0. The zero-order valence-corrected chi connectivity index (χ0v) is 33.5. The number of nitrogens with one attached hydrogen (secondary N) is 3. The highest BCUT2D eigenvalue weighted by molar-refractivity contribution is 5.92. The van der Waals surface area contributed by atoms with Crippen molar-refractivity contribution < 1.29 is 40.6 Å². The number of hydrogen-bond donors (Lipinski definition) is 3. The highest BCUT2D eigenvalue weighted by Gasteiger charge is 2.39. The molecule has 2 aliphatic rings. The fraction of sp³-hybridized carbons (Fsp3) is 0.419. The minimum atomic E-state index is -2.77. The van der Waals surface area contributed by atoms with Crippen molar-refractivity contribution in [2.24, 2.45) is 11.8 Å². The molecule has 16 heteroatoms. The average molecular weight is 830 g/mol. The van der Waals surface area contributed by atoms with Gasteiger partial charge in [-0.25, -0.2) is 22.7 Å². The Hall–Kier alpha value is -5.67. The number of H-pyrrole nitrogens is 2. The maximum absolute atomic E-state index is 14.4. The fourth-order valence-electron chi connectivity index (χ4n) is 7.43. The number of halogens is 6. The van der Waals surface area contributed by atoms with E-state index in [1.54, 1.807) is 30.6 Å². The Morgan fingerprint density at radius 3 is 2.32 bits per heavy atom. The number of carbonyl (C=O) groups excluding carboxylic acids is 1. The summed E-state index contributed by atoms with van der Waals surface area (Å²) in [6.45, 7) is 6.16. The molecule has 0 unspecified atom stereocenters. The molecule has 0 saturated heterocycles. The van der Waals surface area contributed by atoms with E-state index in [0.717, 1.165) is 55.1 Å². The van der Waals surface area contributed by atoms with Crippen LogP contribution in [0.2, 0.25) is 0 Å². The van der Waals surface area contributed by atoms with Gasteiger partial charge in [0.15, 0.2) is 28.6 Å². The third-order valence-corrected chi connectivity index (χ3v) is 10.4. The second kappa shape index (κ2) is 21.4. The van der Waals surface area contributed by atoms with Crippen LogP contribution in [0.15, 0.2) is 76.7 Å². The second-order valence-electron chi connectivity index (χ2n) is 14.0. The predicted octanol–water partition coefficient (Wildman–Crippen LogP) is 9.82. The molecule has 0 spiro atoms. The zero-order chi connectivity index (χ0) is 43.3. The van der Waals surface area contributed by atoms with Gasteiger partial charge in [-0.3, -0.25) is 19.4 Å². The summed E-state index contributed by atoms with van der Waals surface area (Å²) in [5, 5.41) is 8.65. The summed E-state index contributed by atoms with van der Waals surface area (Å²) in [6.07, 6.45) is 8.38. The molecule has 0 radical (unpaired) electrons. The Balaban J connectivity index is 0.000000217. The van der Waals surface area contributed by atoms with Crippen molar-refractivity contribution in [2.75, 3.05) is 19.5 Å². The largest absolute Gasteiger partial charge is 0.494 e. The molecule has 3 heterocycles. The lowest BCUT2D eigenvalue weighted by molar-refractivity contribution is -0.127. The molecule has 7 rings (SSSR count). The van der Waals surface area contributed by atoms with Crippen LogP contribution in [0.4, 0.5) is 32.0 Å². The number of rotatable bonds is 7. The number of carbonyl (C=O) groups is 1. The van der Waals surface area contributed by atoms with E-state index in [2.05, 4.69) is 37.1 Å². The van der Waals surface area contributed by atoms with Gasteiger partial charge in [-0.1, -0.05) is 39.3 Å². The minimum Gasteiger partial charge on any atom is -0.494 e. The predicted molar refractivity (Wildman–Crippen MR) is 213 cm³/mol. The van der Waals surface area contributed by atoms with Crippen LogP contribution >= 0.6 is 0 Å². The van der Waals surface area contributed by atoms with Crippen molar-refractivity contribution in [3.8, 4) is 11.5 Å². The van der Waals surface area contributed by atoms with Gasteiger partial charge in [0.2, 0.25) is 23.5 Å². The van der Waals surface area contributed by atoms with Crippen molar-refractivity contribution in [3.63, 3.8) is 0 Å². The molecular weight excluding hydrogens is 780 g/mol. The number of pyridine rings is 2. The molecule has 2 saturated carbocycles. The summed E-state index contributed by atoms with van der Waals surface area (Å²) in [5.41, 5.74) is 1.89. The van der Waals surface area contributed by atoms with Gasteiger partial charge in [-0.05, 0) is 68.2 Å². The van der Waals surface area contributed by atoms with Crippen LogP contribution in [-0.2, 0) is 4.79 Å². The Morgan fingerprint density at radius 1 is 0.915 bits per heavy atom. The number of benzene rings is 2. The molecule has 4 atom stereocenters. The first-order chi connectivity index (χ1) is 28.2. The van der Waals surface area contributed by atoms with Crippen LogP contribution in [0.3, 0.4) is 0 Å². The van der Waals surface area contributed by atoms with Gasteiger partial charge in [-0.15, -0.1) is 0 Å². The van der Waals surface area contributed by atoms with Crippen molar-refractivity contribution in [1.82, 2.24) is 20.2 Å². The molecule has 2 aromatic carbocycles. The number of nitrogens with zero attached hydrogens (tertiary/aromatic N) is 2. The van der Waals surface area contributed by atoms with E-state index in [1.807, 2.05) is 13.8 Å². The van der Waals surface area contributed by atoms with Gasteiger partial charge in [0.05, 0.1) is 37.0 Å². The van der Waals surface area contributed by atoms with E-state index >= 15 is 0 Å². The molecule has 3 aromatic heterocycles. The van der Waals surface area contributed by atoms with Crippen LogP contribution in [-0.4, -0.2) is 46.2 Å². The number of alkyl halides is 2. The first-order valence-corrected chi connectivity index (χ1v) is 19.4. The Kier molecular flexibility index (Phi) is 16.7. The molecule has 2 fully saturated rings. The van der Waals surface area contributed by atoms with Crippen molar-refractivity contribution in [3.05, 3.63) is 122 Å². The van der Waals surface area contributed by atoms with Crippen molar-refractivity contribution >= 4 is 22.5 Å². The molecular formula is C43H49F6N5O5. The lowest BCUT2D eigenvalue weighted by atomic mass is 9.69. The monoisotopic (exact) mass is 829 g/mol. The average Bonchev–Trinajstić information content (AvgIpc) is 3.23. The van der Waals surface area contributed by atoms with Crippen LogP contribution in [0.25, 0.3) is 10.9 Å². The Bertz CT molecular complexity index is 2290. The molecule has 5 aromatic rings. The SMILES string of the molecule is CC.CC[C@H]1CC[C@@H](c2ccc(F)c(F)c2OC)[C@H](c2cc(=O)c3cnccc3[nH]2)C1.COc1cccc(F)c1F.O=C(Nc1cn[nH]c(=O)c1)[C@H]1CCCC(F)(F)C1. The normalized spacial score (nSPS) is 19.4. The highest BCUT2D eigenvalue weighted by atomic mass is 19.3. The standard InChI is InChI=1S/C23H24F2N2O2.C11H13F2N3O2.C7H6F2O.C2H6/c1-3-13-4-5-14(15-6-7-18(24)22(25)23(15)29-2)16(10-13)20-11-21(28)17-12-26-9-8-19(17)27-20;12-11(13)3-1-2-7(5-11)10(18)15-8-4-9(17)16-14-6-8;1-10-6-4-2-3-5(8)7(6)9;1-2/h6-9,11-14,16H,3-5,10H2,1-2H3,(H,27,28);4,6-7H,1-3,5H2,(H2,15,16,17,18);2-4H,1H3;1-2H3/t13-,14-,16+;7-;;/m00../s1. The topological polar surface area (TPSA) is 139 Å². The van der Waals surface area contributed by atoms with E-state index in [4.69, 9.17) is 4.74 Å². The first-order valence-electron chi connectivity index (χ1n) is 19.4. The Labute approximate surface area is 337 Å². The summed E-state index contributed by atoms with van der Waals surface area (Å²) >= 11 is 0. The number of hydrogen-bond acceptors (Lipinski definition) is 7. The van der Waals surface area contributed by atoms with E-state index in [0.29, 0.717) is 29.7 Å².